The molecule has 0 aliphatic rings. The van der Waals surface area contributed by atoms with E-state index in [4.69, 9.17) is 4.74 Å². The standard InChI is InChI=1S/C15H13NO4/c1-20-14-8-4-12(5-9-14)15(17)10-11-2-6-13(7-3-11)16(18)19/h2-9H,10H2,1H3. The summed E-state index contributed by atoms with van der Waals surface area (Å²) in [4.78, 5) is 22.1. The highest BCUT2D eigenvalue weighted by molar-refractivity contribution is 5.97. The second-order valence-corrected chi connectivity index (χ2v) is 4.25. The van der Waals surface area contributed by atoms with Crippen LogP contribution in [-0.2, 0) is 6.42 Å². The summed E-state index contributed by atoms with van der Waals surface area (Å²) in [7, 11) is 1.56. The van der Waals surface area contributed by atoms with Crippen molar-refractivity contribution >= 4 is 11.5 Å². The zero-order chi connectivity index (χ0) is 14.5. The number of carbonyl (C=O) groups is 1. The Kier molecular flexibility index (Phi) is 4.10. The molecule has 20 heavy (non-hydrogen) atoms. The minimum atomic E-state index is -0.463. The lowest BCUT2D eigenvalue weighted by Crippen LogP contribution is -2.03. The van der Waals surface area contributed by atoms with Crippen molar-refractivity contribution in [2.24, 2.45) is 0 Å². The highest BCUT2D eigenvalue weighted by Crippen LogP contribution is 2.16. The molecule has 2 aromatic rings. The van der Waals surface area contributed by atoms with Crippen molar-refractivity contribution in [3.8, 4) is 5.75 Å². The van der Waals surface area contributed by atoms with E-state index < -0.39 is 4.92 Å². The summed E-state index contributed by atoms with van der Waals surface area (Å²) in [6.07, 6.45) is 0.213. The van der Waals surface area contributed by atoms with Crippen molar-refractivity contribution in [3.05, 3.63) is 69.8 Å². The van der Waals surface area contributed by atoms with E-state index in [1.165, 1.54) is 12.1 Å². The van der Waals surface area contributed by atoms with E-state index in [2.05, 4.69) is 0 Å². The largest absolute Gasteiger partial charge is 0.497 e. The third-order valence-corrected chi connectivity index (χ3v) is 2.92. The Bertz CT molecular complexity index is 617. The van der Waals surface area contributed by atoms with Gasteiger partial charge in [0.1, 0.15) is 5.75 Å². The summed E-state index contributed by atoms with van der Waals surface area (Å²) >= 11 is 0. The van der Waals surface area contributed by atoms with Crippen LogP contribution in [0, 0.1) is 10.1 Å². The van der Waals surface area contributed by atoms with Gasteiger partial charge in [0, 0.05) is 24.1 Å². The van der Waals surface area contributed by atoms with E-state index in [-0.39, 0.29) is 17.9 Å². The SMILES string of the molecule is COc1ccc(C(=O)Cc2ccc([N+](=O)[O-])cc2)cc1. The number of rotatable bonds is 5. The van der Waals surface area contributed by atoms with Crippen LogP contribution in [0.4, 0.5) is 5.69 Å². The van der Waals surface area contributed by atoms with Gasteiger partial charge in [-0.15, -0.1) is 0 Å². The molecule has 2 rings (SSSR count). The van der Waals surface area contributed by atoms with Gasteiger partial charge in [-0.05, 0) is 29.8 Å². The Hall–Kier alpha value is -2.69. The number of nitro benzene ring substituents is 1. The van der Waals surface area contributed by atoms with Crippen LogP contribution in [0.3, 0.4) is 0 Å². The first-order valence-electron chi connectivity index (χ1n) is 6.01. The summed E-state index contributed by atoms with van der Waals surface area (Å²) in [5.41, 5.74) is 1.35. The quantitative estimate of drug-likeness (QED) is 0.476. The maximum absolute atomic E-state index is 12.1. The fraction of sp³-hybridized carbons (Fsp3) is 0.133. The Morgan fingerprint density at radius 3 is 2.20 bits per heavy atom. The third-order valence-electron chi connectivity index (χ3n) is 2.92. The van der Waals surface area contributed by atoms with E-state index in [0.717, 1.165) is 5.56 Å². The van der Waals surface area contributed by atoms with Crippen LogP contribution >= 0.6 is 0 Å². The molecule has 0 aliphatic carbocycles. The van der Waals surface area contributed by atoms with Gasteiger partial charge in [0.25, 0.3) is 5.69 Å². The van der Waals surface area contributed by atoms with Crippen molar-refractivity contribution in [2.75, 3.05) is 7.11 Å². The van der Waals surface area contributed by atoms with Crippen molar-refractivity contribution in [1.29, 1.82) is 0 Å². The predicted octanol–water partition coefficient (Wildman–Crippen LogP) is 3.03. The van der Waals surface area contributed by atoms with Gasteiger partial charge >= 0.3 is 0 Å². The Morgan fingerprint density at radius 2 is 1.70 bits per heavy atom. The number of hydrogen-bond donors (Lipinski definition) is 0. The summed E-state index contributed by atoms with van der Waals surface area (Å²) in [6.45, 7) is 0. The zero-order valence-corrected chi connectivity index (χ0v) is 10.9. The summed E-state index contributed by atoms with van der Waals surface area (Å²) in [5, 5.41) is 10.5. The van der Waals surface area contributed by atoms with Crippen LogP contribution in [0.15, 0.2) is 48.5 Å². The molecule has 0 atom stereocenters. The molecule has 0 bridgehead atoms. The Balaban J connectivity index is 2.08. The first-order valence-corrected chi connectivity index (χ1v) is 6.01. The molecule has 0 N–H and O–H groups in total. The fourth-order valence-corrected chi connectivity index (χ4v) is 1.80. The van der Waals surface area contributed by atoms with E-state index >= 15 is 0 Å². The first kappa shape index (κ1) is 13.7. The normalized spacial score (nSPS) is 10.1. The van der Waals surface area contributed by atoms with E-state index in [9.17, 15) is 14.9 Å². The van der Waals surface area contributed by atoms with E-state index in [0.29, 0.717) is 11.3 Å². The van der Waals surface area contributed by atoms with Gasteiger partial charge in [-0.2, -0.15) is 0 Å². The van der Waals surface area contributed by atoms with Crippen LogP contribution in [0.1, 0.15) is 15.9 Å². The van der Waals surface area contributed by atoms with Crippen LogP contribution in [0.5, 0.6) is 5.75 Å². The highest BCUT2D eigenvalue weighted by atomic mass is 16.6. The molecular formula is C15H13NO4. The average Bonchev–Trinajstić information content (AvgIpc) is 2.48. The van der Waals surface area contributed by atoms with Gasteiger partial charge in [0.05, 0.1) is 12.0 Å². The molecule has 0 unspecified atom stereocenters. The molecule has 0 aromatic heterocycles. The van der Waals surface area contributed by atoms with Gasteiger partial charge < -0.3 is 4.74 Å². The number of carbonyl (C=O) groups excluding carboxylic acids is 1. The second-order valence-electron chi connectivity index (χ2n) is 4.25. The van der Waals surface area contributed by atoms with Gasteiger partial charge in [0.15, 0.2) is 5.78 Å². The van der Waals surface area contributed by atoms with Crippen LogP contribution in [0.25, 0.3) is 0 Å². The number of nitro groups is 1. The van der Waals surface area contributed by atoms with Crippen LogP contribution in [-0.4, -0.2) is 17.8 Å². The maximum Gasteiger partial charge on any atom is 0.269 e. The molecule has 5 heteroatoms. The number of ketones is 1. The predicted molar refractivity (Wildman–Crippen MR) is 74.1 cm³/mol. The molecular weight excluding hydrogens is 258 g/mol. The lowest BCUT2D eigenvalue weighted by Gasteiger charge is -2.03. The van der Waals surface area contributed by atoms with E-state index in [1.54, 1.807) is 43.5 Å². The van der Waals surface area contributed by atoms with Crippen molar-refractivity contribution in [2.45, 2.75) is 6.42 Å². The zero-order valence-electron chi connectivity index (χ0n) is 10.9. The molecule has 0 spiro atoms. The monoisotopic (exact) mass is 271 g/mol. The van der Waals surface area contributed by atoms with Gasteiger partial charge in [-0.25, -0.2) is 0 Å². The minimum absolute atomic E-state index is 0.0191. The van der Waals surface area contributed by atoms with Crippen molar-refractivity contribution in [3.63, 3.8) is 0 Å². The Morgan fingerprint density at radius 1 is 1.10 bits per heavy atom. The van der Waals surface area contributed by atoms with Crippen LogP contribution in [0.2, 0.25) is 0 Å². The molecule has 0 fully saturated rings. The number of nitrogens with zero attached hydrogens (tertiary/aromatic N) is 1. The Labute approximate surface area is 116 Å². The topological polar surface area (TPSA) is 69.4 Å². The molecule has 0 amide bonds. The molecule has 0 saturated carbocycles. The molecule has 0 aliphatic heterocycles. The molecule has 2 aromatic carbocycles. The van der Waals surface area contributed by atoms with E-state index in [1.807, 2.05) is 0 Å². The number of benzene rings is 2. The maximum atomic E-state index is 12.1. The number of hydrogen-bond acceptors (Lipinski definition) is 4. The molecule has 0 heterocycles. The number of methoxy groups -OCH3 is 1. The number of Topliss-reactive ketones (excluding diaryl/α,β-unsaturated/α-hetero) is 1. The van der Waals surface area contributed by atoms with Crippen molar-refractivity contribution < 1.29 is 14.5 Å². The highest BCUT2D eigenvalue weighted by Gasteiger charge is 2.09. The van der Waals surface area contributed by atoms with Crippen molar-refractivity contribution in [1.82, 2.24) is 0 Å². The van der Waals surface area contributed by atoms with Gasteiger partial charge in [0.2, 0.25) is 0 Å². The fourth-order valence-electron chi connectivity index (χ4n) is 1.80. The molecule has 0 saturated heterocycles. The van der Waals surface area contributed by atoms with Gasteiger partial charge in [-0.1, -0.05) is 12.1 Å². The average molecular weight is 271 g/mol. The first-order chi connectivity index (χ1) is 9.60. The molecule has 0 radical (unpaired) electrons. The molecule has 5 nitrogen and oxygen atoms in total. The van der Waals surface area contributed by atoms with Gasteiger partial charge in [-0.3, -0.25) is 14.9 Å². The number of non-ortho nitro benzene ring substituents is 1. The third kappa shape index (κ3) is 3.20. The second kappa shape index (κ2) is 5.97. The smallest absolute Gasteiger partial charge is 0.269 e. The lowest BCUT2D eigenvalue weighted by atomic mass is 10.0. The molecule has 102 valence electrons. The lowest BCUT2D eigenvalue weighted by molar-refractivity contribution is -0.384. The summed E-state index contributed by atoms with van der Waals surface area (Å²) < 4.78 is 5.03. The minimum Gasteiger partial charge on any atom is -0.497 e. The summed E-state index contributed by atoms with van der Waals surface area (Å²) in [5.74, 6) is 0.651. The summed E-state index contributed by atoms with van der Waals surface area (Å²) in [6, 6.07) is 12.8. The number of ether oxygens (including phenoxy) is 1. The van der Waals surface area contributed by atoms with Crippen LogP contribution < -0.4 is 4.74 Å².